The molecule has 0 unspecified atom stereocenters. The van der Waals surface area contributed by atoms with Crippen molar-refractivity contribution in [1.82, 2.24) is 0 Å². The quantitative estimate of drug-likeness (QED) is 0.376. The van der Waals surface area contributed by atoms with Gasteiger partial charge in [0.2, 0.25) is 0 Å². The van der Waals surface area contributed by atoms with E-state index in [9.17, 15) is 9.59 Å². The lowest BCUT2D eigenvalue weighted by molar-refractivity contribution is -0.134. The fourth-order valence-corrected chi connectivity index (χ4v) is 0.143. The van der Waals surface area contributed by atoms with Crippen LogP contribution in [0.4, 0.5) is 0 Å². The molecule has 0 amide bonds. The van der Waals surface area contributed by atoms with Crippen LogP contribution < -0.4 is 5.73 Å². The van der Waals surface area contributed by atoms with Crippen LogP contribution in [-0.4, -0.2) is 28.7 Å². The second-order valence-electron chi connectivity index (χ2n) is 1.42. The predicted molar refractivity (Wildman–Crippen MR) is 42.3 cm³/mol. The van der Waals surface area contributed by atoms with Crippen molar-refractivity contribution in [3.8, 4) is 12.3 Å². The van der Waals surface area contributed by atoms with E-state index < -0.39 is 11.9 Å². The molecule has 0 atom stereocenters. The highest BCUT2D eigenvalue weighted by Crippen LogP contribution is 1.70. The molecule has 0 aromatic rings. The summed E-state index contributed by atoms with van der Waals surface area (Å²) in [5.74, 6) is -0.306. The van der Waals surface area contributed by atoms with Crippen LogP contribution in [0, 0.1) is 12.3 Å². The molecule has 0 fully saturated rings. The number of carbonyl (C=O) groups is 2. The van der Waals surface area contributed by atoms with Crippen LogP contribution in [0.5, 0.6) is 0 Å². The maximum absolute atomic E-state index is 9.55. The van der Waals surface area contributed by atoms with Crippen molar-refractivity contribution in [3.05, 3.63) is 12.2 Å². The highest BCUT2D eigenvalue weighted by atomic mass is 16.4. The van der Waals surface area contributed by atoms with Gasteiger partial charge in [0.25, 0.3) is 0 Å². The summed E-state index contributed by atoms with van der Waals surface area (Å²) in [5, 5.41) is 15.6. The molecule has 0 saturated carbocycles. The normalized spacial score (nSPS) is 8.00. The summed E-state index contributed by atoms with van der Waals surface area (Å²) in [6.07, 6.45) is 5.77. The van der Waals surface area contributed by atoms with Gasteiger partial charge >= 0.3 is 11.9 Å². The van der Waals surface area contributed by atoms with Crippen LogP contribution in [-0.2, 0) is 9.59 Å². The van der Waals surface area contributed by atoms with E-state index in [1.807, 2.05) is 0 Å². The van der Waals surface area contributed by atoms with E-state index in [0.717, 1.165) is 0 Å². The number of aliphatic carboxylic acids is 2. The van der Waals surface area contributed by atoms with Crippen LogP contribution in [0.25, 0.3) is 0 Å². The highest BCUT2D eigenvalue weighted by Gasteiger charge is 1.88. The Morgan fingerprint density at radius 1 is 1.33 bits per heavy atom. The molecule has 0 rings (SSSR count). The Kier molecular flexibility index (Phi) is 9.84. The zero-order chi connectivity index (χ0) is 9.98. The number of carboxylic acid groups (broad SMARTS) is 2. The second kappa shape index (κ2) is 9.20. The maximum atomic E-state index is 9.55. The van der Waals surface area contributed by atoms with Crippen molar-refractivity contribution in [2.24, 2.45) is 5.73 Å². The molecule has 0 saturated heterocycles. The van der Waals surface area contributed by atoms with Crippen molar-refractivity contribution in [3.63, 3.8) is 0 Å². The molecular weight excluding hydrogens is 162 g/mol. The van der Waals surface area contributed by atoms with Gasteiger partial charge in [-0.05, 0) is 0 Å². The summed E-state index contributed by atoms with van der Waals surface area (Å²) in [5.41, 5.74) is 4.79. The van der Waals surface area contributed by atoms with Crippen molar-refractivity contribution >= 4 is 11.9 Å². The van der Waals surface area contributed by atoms with Crippen LogP contribution in [0.3, 0.4) is 0 Å². The minimum absolute atomic E-state index is 0.347. The van der Waals surface area contributed by atoms with E-state index in [-0.39, 0.29) is 0 Å². The van der Waals surface area contributed by atoms with Gasteiger partial charge in [-0.3, -0.25) is 0 Å². The summed E-state index contributed by atoms with van der Waals surface area (Å²) in [6.45, 7) is 0.347. The summed E-state index contributed by atoms with van der Waals surface area (Å²) < 4.78 is 0. The standard InChI is InChI=1S/C4H4O4.C3H5N/c5-3(6)1-2-4(7)8;1-2-3-4/h1-2H,(H,5,6)(H,7,8);1H,3-4H2. The molecule has 0 aromatic heterocycles. The summed E-state index contributed by atoms with van der Waals surface area (Å²) >= 11 is 0. The first kappa shape index (κ1) is 12.8. The number of carboxylic acids is 2. The molecule has 0 aliphatic heterocycles. The van der Waals surface area contributed by atoms with Crippen LogP contribution >= 0.6 is 0 Å². The Balaban J connectivity index is 0. The molecule has 0 bridgehead atoms. The van der Waals surface area contributed by atoms with Crippen molar-refractivity contribution in [1.29, 1.82) is 0 Å². The molecule has 0 radical (unpaired) electrons. The molecule has 0 aromatic carbocycles. The Morgan fingerprint density at radius 2 is 1.58 bits per heavy atom. The maximum Gasteiger partial charge on any atom is 0.328 e. The second-order valence-corrected chi connectivity index (χ2v) is 1.42. The molecule has 0 heterocycles. The van der Waals surface area contributed by atoms with Gasteiger partial charge in [0.15, 0.2) is 0 Å². The molecule has 0 aliphatic rings. The third-order valence-corrected chi connectivity index (χ3v) is 0.486. The Labute approximate surface area is 69.5 Å². The largest absolute Gasteiger partial charge is 0.478 e. The lowest BCUT2D eigenvalue weighted by Gasteiger charge is -1.74. The van der Waals surface area contributed by atoms with E-state index in [4.69, 9.17) is 15.9 Å². The van der Waals surface area contributed by atoms with E-state index in [0.29, 0.717) is 18.7 Å². The minimum Gasteiger partial charge on any atom is -0.478 e. The van der Waals surface area contributed by atoms with Gasteiger partial charge in [-0.25, -0.2) is 9.59 Å². The zero-order valence-electron chi connectivity index (χ0n) is 6.23. The molecule has 4 N–H and O–H groups in total. The number of hydrogen-bond acceptors (Lipinski definition) is 3. The van der Waals surface area contributed by atoms with E-state index in [2.05, 4.69) is 12.3 Å². The predicted octanol–water partition coefficient (Wildman–Crippen LogP) is -0.710. The van der Waals surface area contributed by atoms with E-state index in [1.54, 1.807) is 0 Å². The Hall–Kier alpha value is -1.80. The first-order valence-electron chi connectivity index (χ1n) is 2.82. The lowest BCUT2D eigenvalue weighted by Crippen LogP contribution is -1.91. The Morgan fingerprint density at radius 3 is 1.67 bits per heavy atom. The molecular formula is C7H9NO4. The molecule has 12 heavy (non-hydrogen) atoms. The van der Waals surface area contributed by atoms with Crippen LogP contribution in [0.1, 0.15) is 0 Å². The molecule has 66 valence electrons. The van der Waals surface area contributed by atoms with Gasteiger partial charge in [-0.2, -0.15) is 0 Å². The summed E-state index contributed by atoms with van der Waals surface area (Å²) in [4.78, 5) is 19.1. The van der Waals surface area contributed by atoms with Gasteiger partial charge < -0.3 is 15.9 Å². The SMILES string of the molecule is C#CCN.O=C(O)C=CC(=O)O. The molecule has 5 nitrogen and oxygen atoms in total. The topological polar surface area (TPSA) is 101 Å². The van der Waals surface area contributed by atoms with Crippen molar-refractivity contribution in [2.75, 3.05) is 6.54 Å². The van der Waals surface area contributed by atoms with E-state index in [1.165, 1.54) is 0 Å². The average molecular weight is 171 g/mol. The molecule has 0 spiro atoms. The minimum atomic E-state index is -1.26. The third kappa shape index (κ3) is 24.1. The van der Waals surface area contributed by atoms with Gasteiger partial charge in [-0.15, -0.1) is 6.42 Å². The number of nitrogens with two attached hydrogens (primary N) is 1. The van der Waals surface area contributed by atoms with Gasteiger partial charge in [0.05, 0.1) is 6.54 Å². The first-order chi connectivity index (χ1) is 5.54. The van der Waals surface area contributed by atoms with Crippen LogP contribution in [0.15, 0.2) is 12.2 Å². The highest BCUT2D eigenvalue weighted by molar-refractivity contribution is 5.89. The fourth-order valence-electron chi connectivity index (χ4n) is 0.143. The lowest BCUT2D eigenvalue weighted by atomic mass is 10.5. The van der Waals surface area contributed by atoms with Crippen molar-refractivity contribution < 1.29 is 19.8 Å². The monoisotopic (exact) mass is 171 g/mol. The zero-order valence-corrected chi connectivity index (χ0v) is 6.23. The van der Waals surface area contributed by atoms with Gasteiger partial charge in [-0.1, -0.05) is 5.92 Å². The summed E-state index contributed by atoms with van der Waals surface area (Å²) in [6, 6.07) is 0. The smallest absolute Gasteiger partial charge is 0.328 e. The van der Waals surface area contributed by atoms with Gasteiger partial charge in [0.1, 0.15) is 0 Å². The van der Waals surface area contributed by atoms with Crippen molar-refractivity contribution in [2.45, 2.75) is 0 Å². The fraction of sp³-hybridized carbons (Fsp3) is 0.143. The average Bonchev–Trinajstić information content (AvgIpc) is 2.01. The van der Waals surface area contributed by atoms with E-state index >= 15 is 0 Å². The van der Waals surface area contributed by atoms with Gasteiger partial charge in [0, 0.05) is 12.2 Å². The molecule has 5 heteroatoms. The molecule has 0 aliphatic carbocycles. The van der Waals surface area contributed by atoms with Crippen LogP contribution in [0.2, 0.25) is 0 Å². The Bertz CT molecular complexity index is 198. The summed E-state index contributed by atoms with van der Waals surface area (Å²) in [7, 11) is 0. The number of rotatable bonds is 2. The first-order valence-corrected chi connectivity index (χ1v) is 2.82. The third-order valence-electron chi connectivity index (χ3n) is 0.486. The number of terminal acetylenes is 1. The number of hydrogen-bond donors (Lipinski definition) is 3.